The number of amides is 1. The molecule has 1 aromatic carbocycles. The van der Waals surface area contributed by atoms with E-state index >= 15 is 0 Å². The zero-order chi connectivity index (χ0) is 15.1. The normalized spacial score (nSPS) is 16.0. The third kappa shape index (κ3) is 4.92. The lowest BCUT2D eigenvalue weighted by Gasteiger charge is -2.17. The molecule has 1 unspecified atom stereocenters. The van der Waals surface area contributed by atoms with Crippen molar-refractivity contribution >= 4 is 5.91 Å². The first-order valence-corrected chi connectivity index (χ1v) is 7.89. The van der Waals surface area contributed by atoms with Gasteiger partial charge in [-0.05, 0) is 57.2 Å². The number of hydrogen-bond donors (Lipinski definition) is 1. The van der Waals surface area contributed by atoms with Crippen molar-refractivity contribution in [2.45, 2.75) is 52.0 Å². The largest absolute Gasteiger partial charge is 0.494 e. The first-order valence-electron chi connectivity index (χ1n) is 7.89. The van der Waals surface area contributed by atoms with Gasteiger partial charge < -0.3 is 10.1 Å². The van der Waals surface area contributed by atoms with Crippen LogP contribution < -0.4 is 10.1 Å². The molecule has 21 heavy (non-hydrogen) atoms. The number of benzene rings is 1. The van der Waals surface area contributed by atoms with E-state index in [1.54, 1.807) is 0 Å². The summed E-state index contributed by atoms with van der Waals surface area (Å²) in [5.41, 5.74) is 2.39. The number of nitrogens with one attached hydrogen (secondary N) is 1. The highest BCUT2D eigenvalue weighted by molar-refractivity contribution is 5.79. The van der Waals surface area contributed by atoms with E-state index < -0.39 is 0 Å². The molecule has 0 radical (unpaired) electrons. The topological polar surface area (TPSA) is 38.3 Å². The molecule has 1 N–H and O–H groups in total. The molecule has 1 amide bonds. The van der Waals surface area contributed by atoms with E-state index in [9.17, 15) is 4.79 Å². The molecule has 0 fully saturated rings. The van der Waals surface area contributed by atoms with Gasteiger partial charge in [-0.3, -0.25) is 4.79 Å². The summed E-state index contributed by atoms with van der Waals surface area (Å²) in [6.45, 7) is 4.65. The molecule has 1 aromatic rings. The van der Waals surface area contributed by atoms with E-state index in [4.69, 9.17) is 4.74 Å². The van der Waals surface area contributed by atoms with E-state index in [0.717, 1.165) is 24.2 Å². The number of ether oxygens (including phenoxy) is 1. The summed E-state index contributed by atoms with van der Waals surface area (Å²) in [5, 5.41) is 3.07. The second kappa shape index (κ2) is 7.87. The Morgan fingerprint density at radius 1 is 1.29 bits per heavy atom. The molecule has 1 atom stereocenters. The maximum Gasteiger partial charge on any atom is 0.224 e. The molecule has 0 bridgehead atoms. The lowest BCUT2D eigenvalue weighted by Crippen LogP contribution is -2.26. The predicted octanol–water partition coefficient (Wildman–Crippen LogP) is 4.15. The Balaban J connectivity index is 1.86. The standard InChI is InChI=1S/C18H25NO2/c1-3-21-17-11-9-16(10-12-17)14(2)19-18(20)13-15-7-5-4-6-8-15/h7,9-12,14H,3-6,8,13H2,1-2H3,(H,19,20). The van der Waals surface area contributed by atoms with Crippen molar-refractivity contribution < 1.29 is 9.53 Å². The smallest absolute Gasteiger partial charge is 0.224 e. The van der Waals surface area contributed by atoms with Crippen LogP contribution in [0.3, 0.4) is 0 Å². The molecular weight excluding hydrogens is 262 g/mol. The van der Waals surface area contributed by atoms with Gasteiger partial charge >= 0.3 is 0 Å². The van der Waals surface area contributed by atoms with Crippen LogP contribution in [-0.2, 0) is 4.79 Å². The van der Waals surface area contributed by atoms with Crippen LogP contribution in [0.5, 0.6) is 5.75 Å². The SMILES string of the molecule is CCOc1ccc(C(C)NC(=O)CC2=CCCCC2)cc1. The number of hydrogen-bond acceptors (Lipinski definition) is 2. The summed E-state index contributed by atoms with van der Waals surface area (Å²) in [6.07, 6.45) is 7.44. The summed E-state index contributed by atoms with van der Waals surface area (Å²) in [5.74, 6) is 0.983. The van der Waals surface area contributed by atoms with Crippen molar-refractivity contribution in [3.8, 4) is 5.75 Å². The van der Waals surface area contributed by atoms with Crippen LogP contribution in [0.15, 0.2) is 35.9 Å². The van der Waals surface area contributed by atoms with Crippen LogP contribution in [0.4, 0.5) is 0 Å². The van der Waals surface area contributed by atoms with Gasteiger partial charge in [-0.2, -0.15) is 0 Å². The van der Waals surface area contributed by atoms with Gasteiger partial charge in [0.1, 0.15) is 5.75 Å². The Morgan fingerprint density at radius 3 is 2.67 bits per heavy atom. The van der Waals surface area contributed by atoms with E-state index in [0.29, 0.717) is 13.0 Å². The lowest BCUT2D eigenvalue weighted by molar-refractivity contribution is -0.121. The minimum absolute atomic E-state index is 0.0253. The average molecular weight is 287 g/mol. The third-order valence-corrected chi connectivity index (χ3v) is 3.84. The first-order chi connectivity index (χ1) is 10.2. The summed E-state index contributed by atoms with van der Waals surface area (Å²) < 4.78 is 5.43. The van der Waals surface area contributed by atoms with Crippen LogP contribution in [-0.4, -0.2) is 12.5 Å². The predicted molar refractivity (Wildman–Crippen MR) is 85.3 cm³/mol. The van der Waals surface area contributed by atoms with Crippen molar-refractivity contribution in [1.82, 2.24) is 5.32 Å². The van der Waals surface area contributed by atoms with Gasteiger partial charge in [-0.15, -0.1) is 0 Å². The molecule has 0 aliphatic heterocycles. The maximum atomic E-state index is 12.1. The number of carbonyl (C=O) groups is 1. The molecule has 1 aliphatic rings. The van der Waals surface area contributed by atoms with E-state index in [1.165, 1.54) is 18.4 Å². The highest BCUT2D eigenvalue weighted by Crippen LogP contribution is 2.21. The third-order valence-electron chi connectivity index (χ3n) is 3.84. The van der Waals surface area contributed by atoms with Crippen molar-refractivity contribution in [3.05, 3.63) is 41.5 Å². The van der Waals surface area contributed by atoms with E-state index in [1.807, 2.05) is 38.1 Å². The Labute approximate surface area is 127 Å². The molecule has 0 saturated heterocycles. The summed E-state index contributed by atoms with van der Waals surface area (Å²) in [6, 6.07) is 7.94. The highest BCUT2D eigenvalue weighted by Gasteiger charge is 2.12. The molecule has 0 saturated carbocycles. The van der Waals surface area contributed by atoms with Gasteiger partial charge in [0.25, 0.3) is 0 Å². The number of carbonyl (C=O) groups excluding carboxylic acids is 1. The van der Waals surface area contributed by atoms with Gasteiger partial charge in [0.05, 0.1) is 12.6 Å². The fourth-order valence-electron chi connectivity index (χ4n) is 2.67. The second-order valence-corrected chi connectivity index (χ2v) is 5.58. The lowest BCUT2D eigenvalue weighted by atomic mass is 9.97. The Kier molecular flexibility index (Phi) is 5.85. The van der Waals surface area contributed by atoms with Crippen molar-refractivity contribution in [3.63, 3.8) is 0 Å². The molecule has 0 heterocycles. The van der Waals surface area contributed by atoms with E-state index in [-0.39, 0.29) is 11.9 Å². The maximum absolute atomic E-state index is 12.1. The summed E-state index contributed by atoms with van der Waals surface area (Å²) >= 11 is 0. The van der Waals surface area contributed by atoms with E-state index in [2.05, 4.69) is 11.4 Å². The zero-order valence-corrected chi connectivity index (χ0v) is 13.0. The molecule has 1 aliphatic carbocycles. The Morgan fingerprint density at radius 2 is 2.05 bits per heavy atom. The molecule has 0 spiro atoms. The fourth-order valence-corrected chi connectivity index (χ4v) is 2.67. The first kappa shape index (κ1) is 15.6. The minimum atomic E-state index is 0.0253. The fraction of sp³-hybridized carbons (Fsp3) is 0.500. The average Bonchev–Trinajstić information content (AvgIpc) is 2.49. The minimum Gasteiger partial charge on any atom is -0.494 e. The second-order valence-electron chi connectivity index (χ2n) is 5.58. The van der Waals surface area contributed by atoms with Gasteiger partial charge in [0, 0.05) is 6.42 Å². The number of allylic oxidation sites excluding steroid dienone is 1. The molecule has 3 nitrogen and oxygen atoms in total. The Bertz CT molecular complexity index is 490. The van der Waals surface area contributed by atoms with Crippen LogP contribution in [0, 0.1) is 0 Å². The van der Waals surface area contributed by atoms with Crippen molar-refractivity contribution in [2.75, 3.05) is 6.61 Å². The van der Waals surface area contributed by atoms with Gasteiger partial charge in [-0.25, -0.2) is 0 Å². The molecular formula is C18H25NO2. The van der Waals surface area contributed by atoms with Crippen LogP contribution in [0.2, 0.25) is 0 Å². The van der Waals surface area contributed by atoms with Gasteiger partial charge in [0.15, 0.2) is 0 Å². The summed E-state index contributed by atoms with van der Waals surface area (Å²) in [7, 11) is 0. The monoisotopic (exact) mass is 287 g/mol. The van der Waals surface area contributed by atoms with Crippen LogP contribution in [0.1, 0.15) is 57.6 Å². The molecule has 0 aromatic heterocycles. The van der Waals surface area contributed by atoms with Gasteiger partial charge in [0.2, 0.25) is 5.91 Å². The molecule has 3 heteroatoms. The van der Waals surface area contributed by atoms with Crippen molar-refractivity contribution in [1.29, 1.82) is 0 Å². The Hall–Kier alpha value is -1.77. The van der Waals surface area contributed by atoms with Crippen molar-refractivity contribution in [2.24, 2.45) is 0 Å². The van der Waals surface area contributed by atoms with Gasteiger partial charge in [-0.1, -0.05) is 23.8 Å². The number of rotatable bonds is 6. The molecule has 2 rings (SSSR count). The van der Waals surface area contributed by atoms with Crippen LogP contribution >= 0.6 is 0 Å². The quantitative estimate of drug-likeness (QED) is 0.798. The zero-order valence-electron chi connectivity index (χ0n) is 13.0. The highest BCUT2D eigenvalue weighted by atomic mass is 16.5. The molecule has 114 valence electrons. The van der Waals surface area contributed by atoms with Crippen LogP contribution in [0.25, 0.3) is 0 Å². The summed E-state index contributed by atoms with van der Waals surface area (Å²) in [4.78, 5) is 12.1.